The first-order chi connectivity index (χ1) is 18.0. The van der Waals surface area contributed by atoms with Crippen molar-refractivity contribution in [3.8, 4) is 5.75 Å². The Balaban J connectivity index is 1.58. The molecule has 7 nitrogen and oxygen atoms in total. The molecule has 4 rings (SSSR count). The summed E-state index contributed by atoms with van der Waals surface area (Å²) in [5.41, 5.74) is 3.32. The maximum Gasteiger partial charge on any atom is 0.264 e. The molecule has 1 atom stereocenters. The molecule has 0 fully saturated rings. The standard InChI is InChI=1S/C30H37N3O4S/c1-6-32(7-2)24-16-13-22(14-17-24)20-31-29(34)28-21-33(38(35,36)25-11-9-8-10-12-25)26-19-23(30(3,4)5)15-18-27(26)37-28/h8-19,28H,6-7,20-21H2,1-5H3,(H,31,34)/t28-/m1/s1. The second-order valence-corrected chi connectivity index (χ2v) is 12.3. The number of sulfonamides is 1. The summed E-state index contributed by atoms with van der Waals surface area (Å²) < 4.78 is 34.8. The van der Waals surface area contributed by atoms with Crippen molar-refractivity contribution in [3.63, 3.8) is 0 Å². The van der Waals surface area contributed by atoms with Crippen molar-refractivity contribution in [2.45, 2.75) is 57.6 Å². The normalized spacial score (nSPS) is 15.4. The van der Waals surface area contributed by atoms with Crippen LogP contribution in [0, 0.1) is 0 Å². The minimum atomic E-state index is -3.92. The minimum absolute atomic E-state index is 0.120. The Labute approximate surface area is 226 Å². The first-order valence-electron chi connectivity index (χ1n) is 13.0. The van der Waals surface area contributed by atoms with Gasteiger partial charge in [-0.15, -0.1) is 0 Å². The third-order valence-electron chi connectivity index (χ3n) is 6.85. The second kappa shape index (κ2) is 11.1. The Kier molecular flexibility index (Phi) is 8.02. The van der Waals surface area contributed by atoms with E-state index >= 15 is 0 Å². The van der Waals surface area contributed by atoms with Crippen LogP contribution in [0.2, 0.25) is 0 Å². The molecule has 0 saturated heterocycles. The summed E-state index contributed by atoms with van der Waals surface area (Å²) in [4.78, 5) is 15.6. The lowest BCUT2D eigenvalue weighted by molar-refractivity contribution is -0.127. The Bertz CT molecular complexity index is 1360. The Morgan fingerprint density at radius 3 is 2.26 bits per heavy atom. The van der Waals surface area contributed by atoms with Crippen molar-refractivity contribution in [2.75, 3.05) is 28.8 Å². The molecule has 38 heavy (non-hydrogen) atoms. The minimum Gasteiger partial charge on any atom is -0.476 e. The average molecular weight is 536 g/mol. The number of amides is 1. The number of carbonyl (C=O) groups excluding carboxylic acids is 1. The fourth-order valence-corrected chi connectivity index (χ4v) is 6.01. The van der Waals surface area contributed by atoms with Crippen molar-refractivity contribution < 1.29 is 17.9 Å². The van der Waals surface area contributed by atoms with E-state index in [0.29, 0.717) is 18.0 Å². The van der Waals surface area contributed by atoms with E-state index in [1.54, 1.807) is 36.4 Å². The number of hydrogen-bond acceptors (Lipinski definition) is 5. The van der Waals surface area contributed by atoms with Crippen LogP contribution in [0.1, 0.15) is 45.7 Å². The fourth-order valence-electron chi connectivity index (χ4n) is 4.52. The highest BCUT2D eigenvalue weighted by Gasteiger charge is 2.38. The number of carbonyl (C=O) groups is 1. The number of hydrogen-bond donors (Lipinski definition) is 1. The number of nitrogens with one attached hydrogen (secondary N) is 1. The number of nitrogens with zero attached hydrogens (tertiary/aromatic N) is 2. The Hall–Kier alpha value is -3.52. The van der Waals surface area contributed by atoms with E-state index < -0.39 is 16.1 Å². The Morgan fingerprint density at radius 1 is 1.00 bits per heavy atom. The topological polar surface area (TPSA) is 79.0 Å². The summed E-state index contributed by atoms with van der Waals surface area (Å²) in [6.45, 7) is 12.5. The van der Waals surface area contributed by atoms with Crippen LogP contribution in [0.15, 0.2) is 77.7 Å². The molecule has 1 aliphatic heterocycles. The predicted octanol–water partition coefficient (Wildman–Crippen LogP) is 5.10. The van der Waals surface area contributed by atoms with E-state index in [0.717, 1.165) is 29.9 Å². The van der Waals surface area contributed by atoms with Gasteiger partial charge < -0.3 is 15.0 Å². The molecule has 0 unspecified atom stereocenters. The number of ether oxygens (including phenoxy) is 1. The summed E-state index contributed by atoms with van der Waals surface area (Å²) in [7, 11) is -3.92. The van der Waals surface area contributed by atoms with Crippen molar-refractivity contribution in [1.29, 1.82) is 0 Å². The van der Waals surface area contributed by atoms with Crippen molar-refractivity contribution in [2.24, 2.45) is 0 Å². The maximum absolute atomic E-state index is 13.7. The highest BCUT2D eigenvalue weighted by molar-refractivity contribution is 7.92. The molecular weight excluding hydrogens is 498 g/mol. The van der Waals surface area contributed by atoms with Crippen LogP contribution in [0.25, 0.3) is 0 Å². The van der Waals surface area contributed by atoms with Gasteiger partial charge in [-0.3, -0.25) is 9.10 Å². The van der Waals surface area contributed by atoms with Crippen LogP contribution < -0.4 is 19.3 Å². The number of benzene rings is 3. The fraction of sp³-hybridized carbons (Fsp3) is 0.367. The molecular formula is C30H37N3O4S. The predicted molar refractivity (Wildman–Crippen MR) is 152 cm³/mol. The van der Waals surface area contributed by atoms with Gasteiger partial charge in [-0.05, 0) is 66.8 Å². The first-order valence-corrected chi connectivity index (χ1v) is 14.5. The average Bonchev–Trinajstić information content (AvgIpc) is 2.92. The number of rotatable bonds is 8. The van der Waals surface area contributed by atoms with E-state index in [9.17, 15) is 13.2 Å². The maximum atomic E-state index is 13.7. The zero-order chi connectivity index (χ0) is 27.5. The van der Waals surface area contributed by atoms with Gasteiger partial charge in [-0.2, -0.15) is 0 Å². The summed E-state index contributed by atoms with van der Waals surface area (Å²) >= 11 is 0. The third-order valence-corrected chi connectivity index (χ3v) is 8.64. The second-order valence-electron chi connectivity index (χ2n) is 10.4. The summed E-state index contributed by atoms with van der Waals surface area (Å²) in [6.07, 6.45) is -0.989. The van der Waals surface area contributed by atoms with Crippen molar-refractivity contribution in [3.05, 3.63) is 83.9 Å². The van der Waals surface area contributed by atoms with Gasteiger partial charge in [0.05, 0.1) is 17.1 Å². The van der Waals surface area contributed by atoms with E-state index in [1.165, 1.54) is 4.31 Å². The molecule has 0 saturated carbocycles. The van der Waals surface area contributed by atoms with Gasteiger partial charge in [-0.1, -0.05) is 57.2 Å². The third kappa shape index (κ3) is 5.80. The van der Waals surface area contributed by atoms with E-state index in [-0.39, 0.29) is 22.8 Å². The molecule has 0 aliphatic carbocycles. The molecule has 0 bridgehead atoms. The molecule has 1 amide bonds. The van der Waals surface area contributed by atoms with Crippen LogP contribution in [-0.4, -0.2) is 40.1 Å². The van der Waals surface area contributed by atoms with E-state index in [1.807, 2.05) is 36.4 Å². The van der Waals surface area contributed by atoms with Crippen LogP contribution in [0.5, 0.6) is 5.75 Å². The van der Waals surface area contributed by atoms with Gasteiger partial charge >= 0.3 is 0 Å². The zero-order valence-electron chi connectivity index (χ0n) is 22.8. The van der Waals surface area contributed by atoms with Crippen LogP contribution in [0.4, 0.5) is 11.4 Å². The smallest absolute Gasteiger partial charge is 0.264 e. The molecule has 0 spiro atoms. The lowest BCUT2D eigenvalue weighted by Gasteiger charge is -2.36. The van der Waals surface area contributed by atoms with Gasteiger partial charge in [-0.25, -0.2) is 8.42 Å². The van der Waals surface area contributed by atoms with Crippen LogP contribution in [-0.2, 0) is 26.8 Å². The number of fused-ring (bicyclic) bond motifs is 1. The zero-order valence-corrected chi connectivity index (χ0v) is 23.6. The largest absolute Gasteiger partial charge is 0.476 e. The molecule has 1 N–H and O–H groups in total. The van der Waals surface area contributed by atoms with Gasteiger partial charge in [0.25, 0.3) is 15.9 Å². The van der Waals surface area contributed by atoms with Crippen LogP contribution in [0.3, 0.4) is 0 Å². The summed E-state index contributed by atoms with van der Waals surface area (Å²) in [5, 5.41) is 2.92. The van der Waals surface area contributed by atoms with Gasteiger partial charge in [0, 0.05) is 25.3 Å². The molecule has 0 aromatic heterocycles. The molecule has 3 aromatic carbocycles. The van der Waals surface area contributed by atoms with E-state index in [2.05, 4.69) is 44.8 Å². The Morgan fingerprint density at radius 2 is 1.66 bits per heavy atom. The molecule has 202 valence electrons. The van der Waals surface area contributed by atoms with Gasteiger partial charge in [0.1, 0.15) is 5.75 Å². The monoisotopic (exact) mass is 535 g/mol. The molecule has 3 aromatic rings. The lowest BCUT2D eigenvalue weighted by Crippen LogP contribution is -2.50. The highest BCUT2D eigenvalue weighted by Crippen LogP contribution is 2.40. The lowest BCUT2D eigenvalue weighted by atomic mass is 9.86. The number of anilines is 2. The quantitative estimate of drug-likeness (QED) is 0.434. The molecule has 0 radical (unpaired) electrons. The van der Waals surface area contributed by atoms with E-state index in [4.69, 9.17) is 4.74 Å². The molecule has 1 heterocycles. The van der Waals surface area contributed by atoms with Crippen molar-refractivity contribution in [1.82, 2.24) is 5.32 Å². The first kappa shape index (κ1) is 27.5. The van der Waals surface area contributed by atoms with Gasteiger partial charge in [0.2, 0.25) is 0 Å². The summed E-state index contributed by atoms with van der Waals surface area (Å²) in [5.74, 6) is 0.00381. The SMILES string of the molecule is CCN(CC)c1ccc(CNC(=O)[C@H]2CN(S(=O)(=O)c3ccccc3)c3cc(C(C)(C)C)ccc3O2)cc1. The summed E-state index contributed by atoms with van der Waals surface area (Å²) in [6, 6.07) is 21.9. The highest BCUT2D eigenvalue weighted by atomic mass is 32.2. The molecule has 8 heteroatoms. The molecule has 1 aliphatic rings. The van der Waals surface area contributed by atoms with Gasteiger partial charge in [0.15, 0.2) is 6.10 Å². The van der Waals surface area contributed by atoms with Crippen LogP contribution >= 0.6 is 0 Å². The van der Waals surface area contributed by atoms with Crippen molar-refractivity contribution >= 4 is 27.3 Å².